The minimum Gasteiger partial charge on any atom is -0.378 e. The monoisotopic (exact) mass is 345 g/mol. The van der Waals surface area contributed by atoms with E-state index in [4.69, 9.17) is 4.74 Å². The number of likely N-dealkylation sites (N-methyl/N-ethyl adjacent to an activating group) is 1. The second-order valence-electron chi connectivity index (χ2n) is 6.88. The van der Waals surface area contributed by atoms with Gasteiger partial charge in [0.05, 0.1) is 18.4 Å². The van der Waals surface area contributed by atoms with Gasteiger partial charge in [-0.25, -0.2) is 0 Å². The fourth-order valence-electron chi connectivity index (χ4n) is 3.13. The quantitative estimate of drug-likeness (QED) is 0.846. The highest BCUT2D eigenvalue weighted by atomic mass is 16.5. The van der Waals surface area contributed by atoms with Crippen molar-refractivity contribution in [3.05, 3.63) is 29.8 Å². The Labute approximate surface area is 149 Å². The number of ether oxygens (including phenoxy) is 1. The normalized spacial score (nSPS) is 23.4. The Hall–Kier alpha value is -1.92. The van der Waals surface area contributed by atoms with Crippen LogP contribution in [0, 0.1) is 5.92 Å². The summed E-state index contributed by atoms with van der Waals surface area (Å²) in [6, 6.07) is 7.55. The maximum Gasteiger partial charge on any atom is 0.230 e. The zero-order valence-electron chi connectivity index (χ0n) is 15.0. The van der Waals surface area contributed by atoms with Gasteiger partial charge in [-0.1, -0.05) is 12.1 Å². The summed E-state index contributed by atoms with van der Waals surface area (Å²) in [5, 5.41) is 2.92. The topological polar surface area (TPSA) is 61.9 Å². The number of anilines is 1. The van der Waals surface area contributed by atoms with E-state index in [2.05, 4.69) is 17.3 Å². The molecule has 2 atom stereocenters. The summed E-state index contributed by atoms with van der Waals surface area (Å²) >= 11 is 0. The van der Waals surface area contributed by atoms with Gasteiger partial charge in [0.2, 0.25) is 11.8 Å². The van der Waals surface area contributed by atoms with Crippen molar-refractivity contribution in [3.8, 4) is 0 Å². The van der Waals surface area contributed by atoms with Crippen LogP contribution >= 0.6 is 0 Å². The Morgan fingerprint density at radius 3 is 2.48 bits per heavy atom. The third kappa shape index (κ3) is 4.80. The molecule has 3 rings (SSSR count). The maximum absolute atomic E-state index is 12.4. The molecule has 6 nitrogen and oxygen atoms in total. The molecule has 2 unspecified atom stereocenters. The fraction of sp³-hybridized carbons (Fsp3) is 0.579. The molecule has 25 heavy (non-hydrogen) atoms. The molecule has 1 aromatic carbocycles. The number of nitrogens with zero attached hydrogens (tertiary/aromatic N) is 2. The number of nitrogens with one attached hydrogen (secondary N) is 1. The maximum atomic E-state index is 12.4. The molecule has 136 valence electrons. The summed E-state index contributed by atoms with van der Waals surface area (Å²) < 4.78 is 5.45. The molecular weight excluding hydrogens is 318 g/mol. The van der Waals surface area contributed by atoms with E-state index in [-0.39, 0.29) is 23.8 Å². The zero-order chi connectivity index (χ0) is 17.8. The zero-order valence-corrected chi connectivity index (χ0v) is 15.0. The van der Waals surface area contributed by atoms with E-state index in [9.17, 15) is 9.59 Å². The average molecular weight is 345 g/mol. The molecule has 1 saturated heterocycles. The van der Waals surface area contributed by atoms with Gasteiger partial charge >= 0.3 is 0 Å². The van der Waals surface area contributed by atoms with Crippen molar-refractivity contribution in [3.63, 3.8) is 0 Å². The summed E-state index contributed by atoms with van der Waals surface area (Å²) in [7, 11) is 2.08. The van der Waals surface area contributed by atoms with Crippen molar-refractivity contribution in [1.82, 2.24) is 9.80 Å². The SMILES string of the molecule is CCOC1CC1C(=O)Nc1ccc(CC(=O)N2CCN(C)CC2)cc1. The third-order valence-corrected chi connectivity index (χ3v) is 4.88. The average Bonchev–Trinajstić information content (AvgIpc) is 3.37. The molecule has 1 N–H and O–H groups in total. The minimum atomic E-state index is -0.0292. The highest BCUT2D eigenvalue weighted by molar-refractivity contribution is 5.94. The molecule has 0 aromatic heterocycles. The highest BCUT2D eigenvalue weighted by Gasteiger charge is 2.43. The largest absolute Gasteiger partial charge is 0.378 e. The summed E-state index contributed by atoms with van der Waals surface area (Å²) in [6.45, 7) is 6.04. The van der Waals surface area contributed by atoms with Gasteiger partial charge < -0.3 is 19.9 Å². The third-order valence-electron chi connectivity index (χ3n) is 4.88. The van der Waals surface area contributed by atoms with E-state index in [1.54, 1.807) is 0 Å². The van der Waals surface area contributed by atoms with E-state index in [0.717, 1.165) is 43.9 Å². The second-order valence-corrected chi connectivity index (χ2v) is 6.88. The second kappa shape index (κ2) is 7.97. The summed E-state index contributed by atoms with van der Waals surface area (Å²) in [4.78, 5) is 28.6. The Balaban J connectivity index is 1.47. The number of rotatable bonds is 6. The molecule has 6 heteroatoms. The van der Waals surface area contributed by atoms with Gasteiger partial charge in [0, 0.05) is 38.5 Å². The lowest BCUT2D eigenvalue weighted by molar-refractivity contribution is -0.132. The number of carbonyl (C=O) groups is 2. The van der Waals surface area contributed by atoms with Crippen LogP contribution in [-0.4, -0.2) is 67.6 Å². The molecular formula is C19H27N3O3. The van der Waals surface area contributed by atoms with Crippen LogP contribution in [0.25, 0.3) is 0 Å². The van der Waals surface area contributed by atoms with Gasteiger partial charge in [-0.05, 0) is 38.1 Å². The van der Waals surface area contributed by atoms with E-state index in [1.807, 2.05) is 36.1 Å². The minimum absolute atomic E-state index is 0.0136. The molecule has 1 heterocycles. The number of hydrogen-bond donors (Lipinski definition) is 1. The van der Waals surface area contributed by atoms with Gasteiger partial charge in [0.25, 0.3) is 0 Å². The lowest BCUT2D eigenvalue weighted by Gasteiger charge is -2.32. The number of amides is 2. The van der Waals surface area contributed by atoms with Crippen LogP contribution in [0.4, 0.5) is 5.69 Å². The molecule has 0 spiro atoms. The van der Waals surface area contributed by atoms with E-state index in [1.165, 1.54) is 0 Å². The van der Waals surface area contributed by atoms with Gasteiger partial charge in [-0.2, -0.15) is 0 Å². The van der Waals surface area contributed by atoms with Crippen molar-refractivity contribution in [2.24, 2.45) is 5.92 Å². The molecule has 1 aliphatic heterocycles. The van der Waals surface area contributed by atoms with Crippen molar-refractivity contribution >= 4 is 17.5 Å². The molecule has 1 aromatic rings. The van der Waals surface area contributed by atoms with Gasteiger partial charge in [-0.15, -0.1) is 0 Å². The molecule has 0 radical (unpaired) electrons. The van der Waals surface area contributed by atoms with Gasteiger partial charge in [0.1, 0.15) is 0 Å². The smallest absolute Gasteiger partial charge is 0.230 e. The Morgan fingerprint density at radius 2 is 1.84 bits per heavy atom. The first-order valence-electron chi connectivity index (χ1n) is 9.04. The van der Waals surface area contributed by atoms with Gasteiger partial charge in [0.15, 0.2) is 0 Å². The van der Waals surface area contributed by atoms with Gasteiger partial charge in [-0.3, -0.25) is 9.59 Å². The van der Waals surface area contributed by atoms with E-state index in [0.29, 0.717) is 13.0 Å². The van der Waals surface area contributed by atoms with Crippen LogP contribution < -0.4 is 5.32 Å². The Bertz CT molecular complexity index is 609. The number of hydrogen-bond acceptors (Lipinski definition) is 4. The first-order chi connectivity index (χ1) is 12.1. The van der Waals surface area contributed by atoms with Crippen LogP contribution in [0.5, 0.6) is 0 Å². The predicted octanol–water partition coefficient (Wildman–Crippen LogP) is 1.37. The standard InChI is InChI=1S/C19H27N3O3/c1-3-25-17-13-16(17)19(24)20-15-6-4-14(5-7-15)12-18(23)22-10-8-21(2)9-11-22/h4-7,16-17H,3,8-13H2,1-2H3,(H,20,24). The summed E-state index contributed by atoms with van der Waals surface area (Å²) in [6.07, 6.45) is 1.29. The number of carbonyl (C=O) groups excluding carboxylic acids is 2. The van der Waals surface area contributed by atoms with Crippen molar-refractivity contribution < 1.29 is 14.3 Å². The molecule has 0 bridgehead atoms. The first kappa shape index (κ1) is 17.9. The van der Waals surface area contributed by atoms with Crippen molar-refractivity contribution in [2.45, 2.75) is 25.9 Å². The highest BCUT2D eigenvalue weighted by Crippen LogP contribution is 2.34. The van der Waals surface area contributed by atoms with E-state index >= 15 is 0 Å². The van der Waals surface area contributed by atoms with Crippen LogP contribution in [0.3, 0.4) is 0 Å². The molecule has 1 saturated carbocycles. The first-order valence-corrected chi connectivity index (χ1v) is 9.04. The fourth-order valence-corrected chi connectivity index (χ4v) is 3.13. The van der Waals surface area contributed by atoms with Crippen LogP contribution in [0.1, 0.15) is 18.9 Å². The van der Waals surface area contributed by atoms with Crippen LogP contribution in [0.2, 0.25) is 0 Å². The molecule has 2 aliphatic rings. The predicted molar refractivity (Wildman–Crippen MR) is 96.4 cm³/mol. The Kier molecular flexibility index (Phi) is 5.71. The summed E-state index contributed by atoms with van der Waals surface area (Å²) in [5.74, 6) is 0.153. The van der Waals surface area contributed by atoms with E-state index < -0.39 is 0 Å². The lowest BCUT2D eigenvalue weighted by Crippen LogP contribution is -2.47. The van der Waals surface area contributed by atoms with Crippen molar-refractivity contribution in [2.75, 3.05) is 45.2 Å². The number of benzene rings is 1. The number of piperazine rings is 1. The van der Waals surface area contributed by atoms with Crippen molar-refractivity contribution in [1.29, 1.82) is 0 Å². The molecule has 1 aliphatic carbocycles. The summed E-state index contributed by atoms with van der Waals surface area (Å²) in [5.41, 5.74) is 1.74. The Morgan fingerprint density at radius 1 is 1.16 bits per heavy atom. The van der Waals surface area contributed by atoms with Crippen LogP contribution in [-0.2, 0) is 20.7 Å². The van der Waals surface area contributed by atoms with Crippen LogP contribution in [0.15, 0.2) is 24.3 Å². The lowest BCUT2D eigenvalue weighted by atomic mass is 10.1. The molecule has 2 amide bonds. The molecule has 2 fully saturated rings.